The molecule has 8 nitrogen and oxygen atoms in total. The molecule has 2 N–H and O–H groups in total. The predicted octanol–water partition coefficient (Wildman–Crippen LogP) is 3.03. The van der Waals surface area contributed by atoms with E-state index in [2.05, 4.69) is 5.32 Å². The van der Waals surface area contributed by atoms with Crippen LogP contribution >= 0.6 is 0 Å². The van der Waals surface area contributed by atoms with Gasteiger partial charge in [0.15, 0.2) is 0 Å². The summed E-state index contributed by atoms with van der Waals surface area (Å²) < 4.78 is 17.6. The van der Waals surface area contributed by atoms with Gasteiger partial charge in [-0.25, -0.2) is 0 Å². The molecule has 8 heteroatoms. The van der Waals surface area contributed by atoms with Gasteiger partial charge in [-0.15, -0.1) is 0 Å². The molecule has 4 rings (SSSR count). The lowest BCUT2D eigenvalue weighted by Gasteiger charge is -2.44. The molecular weight excluding hydrogens is 448 g/mol. The molecule has 0 bridgehead atoms. The van der Waals surface area contributed by atoms with Crippen molar-refractivity contribution in [1.82, 2.24) is 10.2 Å². The number of ether oxygens (including phenoxy) is 3. The Morgan fingerprint density at radius 3 is 2.54 bits per heavy atom. The van der Waals surface area contributed by atoms with Crippen LogP contribution in [-0.4, -0.2) is 65.9 Å². The van der Waals surface area contributed by atoms with E-state index in [-0.39, 0.29) is 49.6 Å². The quantitative estimate of drug-likeness (QED) is 0.630. The highest BCUT2D eigenvalue weighted by Gasteiger charge is 2.39. The van der Waals surface area contributed by atoms with E-state index >= 15 is 0 Å². The van der Waals surface area contributed by atoms with E-state index in [1.165, 1.54) is 0 Å². The molecule has 2 aliphatic rings. The van der Waals surface area contributed by atoms with Crippen LogP contribution in [0.5, 0.6) is 11.5 Å². The van der Waals surface area contributed by atoms with Crippen LogP contribution in [0.3, 0.4) is 0 Å². The molecule has 0 unspecified atom stereocenters. The van der Waals surface area contributed by atoms with Crippen LogP contribution in [0.1, 0.15) is 38.2 Å². The molecule has 2 heterocycles. The van der Waals surface area contributed by atoms with Crippen LogP contribution in [0.15, 0.2) is 54.6 Å². The van der Waals surface area contributed by atoms with Crippen molar-refractivity contribution in [3.05, 3.63) is 60.2 Å². The zero-order chi connectivity index (χ0) is 24.6. The van der Waals surface area contributed by atoms with E-state index in [9.17, 15) is 14.7 Å². The number of rotatable bonds is 7. The zero-order valence-electron chi connectivity index (χ0n) is 20.1. The summed E-state index contributed by atoms with van der Waals surface area (Å²) in [7, 11) is 0. The maximum atomic E-state index is 12.6. The van der Waals surface area contributed by atoms with Crippen LogP contribution < -0.4 is 10.1 Å². The Labute approximate surface area is 206 Å². The van der Waals surface area contributed by atoms with E-state index in [1.54, 1.807) is 4.90 Å². The lowest BCUT2D eigenvalue weighted by Crippen LogP contribution is -2.57. The first-order valence-electron chi connectivity index (χ1n) is 12.3. The highest BCUT2D eigenvalue weighted by molar-refractivity contribution is 5.77. The molecule has 2 fully saturated rings. The molecule has 2 aliphatic heterocycles. The van der Waals surface area contributed by atoms with Crippen molar-refractivity contribution < 1.29 is 28.9 Å². The van der Waals surface area contributed by atoms with Gasteiger partial charge in [-0.3, -0.25) is 9.59 Å². The van der Waals surface area contributed by atoms with Crippen LogP contribution in [0.2, 0.25) is 0 Å². The van der Waals surface area contributed by atoms with Crippen LogP contribution in [-0.2, 0) is 25.6 Å². The number of nitrogens with one attached hydrogen (secondary N) is 1. The number of nitrogens with zero attached hydrogens (tertiary/aromatic N) is 1. The minimum Gasteiger partial charge on any atom is -0.457 e. The number of aliphatic hydroxyl groups is 1. The Bertz CT molecular complexity index is 967. The summed E-state index contributed by atoms with van der Waals surface area (Å²) in [4.78, 5) is 26.8. The second kappa shape index (κ2) is 12.2. The standard InChI is InChI=1S/C27H34N2O6/c1-2-27(32)29-16-20(30)17-33-18-25-24(29)13-12-23(35-25)14-26(31)28-15-19-8-10-22(11-9-19)34-21-6-4-3-5-7-21/h3-11,20,23-25,30H,2,12-18H2,1H3,(H,28,31)/t20-,23-,24-,25+/m0/s1. The maximum Gasteiger partial charge on any atom is 0.222 e. The van der Waals surface area contributed by atoms with Gasteiger partial charge in [-0.05, 0) is 42.7 Å². The van der Waals surface area contributed by atoms with Crippen molar-refractivity contribution in [2.45, 2.75) is 63.5 Å². The van der Waals surface area contributed by atoms with E-state index in [1.807, 2.05) is 61.5 Å². The number of benzene rings is 2. The van der Waals surface area contributed by atoms with Gasteiger partial charge >= 0.3 is 0 Å². The van der Waals surface area contributed by atoms with Crippen molar-refractivity contribution >= 4 is 11.8 Å². The Morgan fingerprint density at radius 2 is 1.80 bits per heavy atom. The number of β-amino-alcohol motifs (C(OH)–C–C–N with tert-alkyl or cyclic N) is 1. The number of carbonyl (C=O) groups excluding carboxylic acids is 2. The van der Waals surface area contributed by atoms with Gasteiger partial charge in [0, 0.05) is 19.5 Å². The number of aliphatic hydroxyl groups excluding tert-OH is 1. The van der Waals surface area contributed by atoms with Gasteiger partial charge in [0.25, 0.3) is 0 Å². The normalized spacial score (nSPS) is 24.6. The topological polar surface area (TPSA) is 97.3 Å². The van der Waals surface area contributed by atoms with Crippen molar-refractivity contribution in [3.63, 3.8) is 0 Å². The fourth-order valence-electron chi connectivity index (χ4n) is 4.61. The number of para-hydroxylation sites is 1. The average molecular weight is 483 g/mol. The predicted molar refractivity (Wildman–Crippen MR) is 130 cm³/mol. The molecule has 2 aromatic carbocycles. The van der Waals surface area contributed by atoms with Crippen molar-refractivity contribution in [2.75, 3.05) is 19.8 Å². The molecule has 0 spiro atoms. The largest absolute Gasteiger partial charge is 0.457 e. The van der Waals surface area contributed by atoms with Crippen LogP contribution in [0.4, 0.5) is 0 Å². The maximum absolute atomic E-state index is 12.6. The second-order valence-corrected chi connectivity index (χ2v) is 9.07. The Morgan fingerprint density at radius 1 is 1.06 bits per heavy atom. The molecule has 0 saturated carbocycles. The first-order valence-corrected chi connectivity index (χ1v) is 12.3. The summed E-state index contributed by atoms with van der Waals surface area (Å²) in [5.41, 5.74) is 0.976. The monoisotopic (exact) mass is 482 g/mol. The summed E-state index contributed by atoms with van der Waals surface area (Å²) in [6, 6.07) is 17.1. The van der Waals surface area contributed by atoms with E-state index in [4.69, 9.17) is 14.2 Å². The van der Waals surface area contributed by atoms with Gasteiger partial charge < -0.3 is 29.5 Å². The number of hydrogen-bond donors (Lipinski definition) is 2. The van der Waals surface area contributed by atoms with Crippen molar-refractivity contribution in [3.8, 4) is 11.5 Å². The van der Waals surface area contributed by atoms with Gasteiger partial charge in [0.05, 0.1) is 37.9 Å². The molecule has 2 saturated heterocycles. The summed E-state index contributed by atoms with van der Waals surface area (Å²) in [6.45, 7) is 2.95. The van der Waals surface area contributed by atoms with Crippen molar-refractivity contribution in [1.29, 1.82) is 0 Å². The highest BCUT2D eigenvalue weighted by Crippen LogP contribution is 2.28. The van der Waals surface area contributed by atoms with Gasteiger partial charge in [0.2, 0.25) is 11.8 Å². The number of carbonyl (C=O) groups is 2. The first-order chi connectivity index (χ1) is 17.0. The third kappa shape index (κ3) is 7.04. The molecule has 2 aromatic rings. The summed E-state index contributed by atoms with van der Waals surface area (Å²) >= 11 is 0. The Balaban J connectivity index is 1.25. The SMILES string of the molecule is CCC(=O)N1C[C@H](O)COC[C@H]2O[C@H](CC(=O)NCc3ccc(Oc4ccccc4)cc3)CC[C@@H]21. The minimum absolute atomic E-state index is 0.000861. The zero-order valence-corrected chi connectivity index (χ0v) is 20.1. The Kier molecular flexibility index (Phi) is 8.74. The minimum atomic E-state index is -0.700. The molecule has 4 atom stereocenters. The Hall–Kier alpha value is -2.94. The second-order valence-electron chi connectivity index (χ2n) is 9.07. The molecule has 35 heavy (non-hydrogen) atoms. The van der Waals surface area contributed by atoms with E-state index in [0.29, 0.717) is 32.4 Å². The molecule has 0 aromatic heterocycles. The van der Waals surface area contributed by atoms with E-state index in [0.717, 1.165) is 17.1 Å². The lowest BCUT2D eigenvalue weighted by molar-refractivity contribution is -0.169. The van der Waals surface area contributed by atoms with E-state index < -0.39 is 6.10 Å². The third-order valence-corrected chi connectivity index (χ3v) is 6.41. The number of fused-ring (bicyclic) bond motifs is 1. The summed E-state index contributed by atoms with van der Waals surface area (Å²) in [5.74, 6) is 1.43. The molecule has 188 valence electrons. The molecule has 2 amide bonds. The number of amides is 2. The van der Waals surface area contributed by atoms with Crippen LogP contribution in [0, 0.1) is 0 Å². The fraction of sp³-hybridized carbons (Fsp3) is 0.481. The smallest absolute Gasteiger partial charge is 0.222 e. The lowest BCUT2D eigenvalue weighted by atomic mass is 9.94. The molecule has 0 radical (unpaired) electrons. The van der Waals surface area contributed by atoms with Crippen LogP contribution in [0.25, 0.3) is 0 Å². The molecule has 0 aliphatic carbocycles. The van der Waals surface area contributed by atoms with Crippen molar-refractivity contribution in [2.24, 2.45) is 0 Å². The summed E-state index contributed by atoms with van der Waals surface area (Å²) in [5, 5.41) is 13.1. The average Bonchev–Trinajstić information content (AvgIpc) is 2.86. The van der Waals surface area contributed by atoms with Gasteiger partial charge in [-0.2, -0.15) is 0 Å². The van der Waals surface area contributed by atoms with Gasteiger partial charge in [0.1, 0.15) is 17.6 Å². The summed E-state index contributed by atoms with van der Waals surface area (Å²) in [6.07, 6.45) is 0.780. The molecular formula is C27H34N2O6. The number of hydrogen-bond acceptors (Lipinski definition) is 6. The first kappa shape index (κ1) is 25.2. The fourth-order valence-corrected chi connectivity index (χ4v) is 4.61. The third-order valence-electron chi connectivity index (χ3n) is 6.41. The highest BCUT2D eigenvalue weighted by atomic mass is 16.5. The van der Waals surface area contributed by atoms with Gasteiger partial charge in [-0.1, -0.05) is 37.3 Å².